The van der Waals surface area contributed by atoms with Gasteiger partial charge in [0.15, 0.2) is 0 Å². The number of benzene rings is 1. The maximum atomic E-state index is 11.3. The van der Waals surface area contributed by atoms with Gasteiger partial charge in [-0.05, 0) is 47.6 Å². The van der Waals surface area contributed by atoms with E-state index in [0.717, 1.165) is 13.1 Å². The predicted octanol–water partition coefficient (Wildman–Crippen LogP) is 4.02. The van der Waals surface area contributed by atoms with Crippen molar-refractivity contribution in [2.45, 2.75) is 19.9 Å². The number of nitriles is 1. The molecule has 1 atom stereocenters. The number of thiophene rings is 1. The molecular formula is C17H20N4O2S. The van der Waals surface area contributed by atoms with Crippen LogP contribution < -0.4 is 5.32 Å². The summed E-state index contributed by atoms with van der Waals surface area (Å²) in [6.07, 6.45) is 0. The van der Waals surface area contributed by atoms with Crippen LogP contribution in [0.25, 0.3) is 0 Å². The maximum absolute atomic E-state index is 11.3. The van der Waals surface area contributed by atoms with E-state index in [0.29, 0.717) is 12.2 Å². The number of likely N-dealkylation sites (N-methyl/N-ethyl adjacent to an activating group) is 1. The van der Waals surface area contributed by atoms with E-state index >= 15 is 0 Å². The van der Waals surface area contributed by atoms with Crippen molar-refractivity contribution in [2.75, 3.05) is 25.0 Å². The second-order valence-corrected chi connectivity index (χ2v) is 6.06. The highest BCUT2D eigenvalue weighted by atomic mass is 32.1. The van der Waals surface area contributed by atoms with E-state index in [1.807, 2.05) is 11.4 Å². The lowest BCUT2D eigenvalue weighted by Gasteiger charge is -2.29. The molecule has 0 saturated heterocycles. The first-order valence-corrected chi connectivity index (χ1v) is 8.73. The zero-order chi connectivity index (χ0) is 17.5. The van der Waals surface area contributed by atoms with Crippen LogP contribution in [0.5, 0.6) is 0 Å². The normalized spacial score (nSPS) is 11.9. The summed E-state index contributed by atoms with van der Waals surface area (Å²) in [5.74, 6) is 0. The first-order valence-electron chi connectivity index (χ1n) is 7.79. The number of nitrogens with one attached hydrogen (secondary N) is 1. The van der Waals surface area contributed by atoms with E-state index in [1.54, 1.807) is 23.5 Å². The van der Waals surface area contributed by atoms with E-state index in [2.05, 4.69) is 35.5 Å². The van der Waals surface area contributed by atoms with E-state index in [9.17, 15) is 10.1 Å². The van der Waals surface area contributed by atoms with Gasteiger partial charge in [-0.25, -0.2) is 0 Å². The quantitative estimate of drug-likeness (QED) is 0.577. The molecule has 7 heteroatoms. The Morgan fingerprint density at radius 1 is 1.38 bits per heavy atom. The number of hydrogen-bond acceptors (Lipinski definition) is 6. The largest absolute Gasteiger partial charge is 0.378 e. The molecule has 0 aliphatic carbocycles. The van der Waals surface area contributed by atoms with Crippen molar-refractivity contribution in [3.8, 4) is 6.07 Å². The molecule has 24 heavy (non-hydrogen) atoms. The number of nitrogens with zero attached hydrogens (tertiary/aromatic N) is 3. The molecule has 126 valence electrons. The zero-order valence-corrected chi connectivity index (χ0v) is 14.5. The molecule has 1 N–H and O–H groups in total. The molecule has 0 aliphatic heterocycles. The van der Waals surface area contributed by atoms with Crippen molar-refractivity contribution in [2.24, 2.45) is 0 Å². The summed E-state index contributed by atoms with van der Waals surface area (Å²) in [4.78, 5) is 13.1. The molecular weight excluding hydrogens is 324 g/mol. The molecule has 0 fully saturated rings. The van der Waals surface area contributed by atoms with Crippen molar-refractivity contribution in [3.63, 3.8) is 0 Å². The van der Waals surface area contributed by atoms with Gasteiger partial charge in [-0.15, -0.1) is 0 Å². The Balaban J connectivity index is 2.23. The monoisotopic (exact) mass is 344 g/mol. The predicted molar refractivity (Wildman–Crippen MR) is 96.3 cm³/mol. The highest BCUT2D eigenvalue weighted by Gasteiger charge is 2.21. The lowest BCUT2D eigenvalue weighted by Crippen LogP contribution is -2.33. The molecule has 1 aromatic heterocycles. The summed E-state index contributed by atoms with van der Waals surface area (Å²) < 4.78 is 0. The Morgan fingerprint density at radius 3 is 2.67 bits per heavy atom. The third-order valence-corrected chi connectivity index (χ3v) is 4.69. The average molecular weight is 344 g/mol. The van der Waals surface area contributed by atoms with Gasteiger partial charge in [0.2, 0.25) is 0 Å². The fourth-order valence-corrected chi connectivity index (χ4v) is 3.40. The van der Waals surface area contributed by atoms with Crippen molar-refractivity contribution in [1.29, 1.82) is 5.26 Å². The van der Waals surface area contributed by atoms with Crippen LogP contribution in [0.4, 0.5) is 11.4 Å². The van der Waals surface area contributed by atoms with Crippen LogP contribution >= 0.6 is 11.3 Å². The number of nitro benzene ring substituents is 1. The summed E-state index contributed by atoms with van der Waals surface area (Å²) in [5.41, 5.74) is 1.85. The van der Waals surface area contributed by atoms with Crippen LogP contribution in [0.3, 0.4) is 0 Å². The van der Waals surface area contributed by atoms with Crippen LogP contribution in [-0.4, -0.2) is 29.5 Å². The minimum Gasteiger partial charge on any atom is -0.378 e. The lowest BCUT2D eigenvalue weighted by molar-refractivity contribution is -0.384. The number of anilines is 1. The Labute approximate surface area is 145 Å². The second kappa shape index (κ2) is 8.43. The molecule has 0 unspecified atom stereocenters. The molecule has 0 spiro atoms. The van der Waals surface area contributed by atoms with Crippen molar-refractivity contribution < 1.29 is 4.92 Å². The fraction of sp³-hybridized carbons (Fsp3) is 0.353. The van der Waals surface area contributed by atoms with Gasteiger partial charge in [-0.3, -0.25) is 15.0 Å². The van der Waals surface area contributed by atoms with Gasteiger partial charge in [-0.2, -0.15) is 16.6 Å². The maximum Gasteiger partial charge on any atom is 0.293 e. The van der Waals surface area contributed by atoms with Gasteiger partial charge < -0.3 is 5.32 Å². The highest BCUT2D eigenvalue weighted by molar-refractivity contribution is 7.07. The summed E-state index contributed by atoms with van der Waals surface area (Å²) in [6, 6.07) is 8.66. The second-order valence-electron chi connectivity index (χ2n) is 5.28. The van der Waals surface area contributed by atoms with Crippen LogP contribution in [0.2, 0.25) is 0 Å². The minimum absolute atomic E-state index is 0.0716. The number of nitro groups is 1. The first kappa shape index (κ1) is 17.9. The molecule has 0 bridgehead atoms. The molecule has 0 radical (unpaired) electrons. The molecule has 2 aromatic rings. The Bertz CT molecular complexity index is 721. The minimum atomic E-state index is -0.458. The van der Waals surface area contributed by atoms with Crippen LogP contribution in [-0.2, 0) is 0 Å². The van der Waals surface area contributed by atoms with Gasteiger partial charge in [0.1, 0.15) is 5.69 Å². The summed E-state index contributed by atoms with van der Waals surface area (Å²) in [5, 5.41) is 27.5. The van der Waals surface area contributed by atoms with E-state index in [1.165, 1.54) is 11.6 Å². The SMILES string of the molecule is CCN(CC)[C@@H](CNc1ccc(C#N)cc1[N+](=O)[O-])c1ccsc1. The average Bonchev–Trinajstić information content (AvgIpc) is 3.12. The van der Waals surface area contributed by atoms with Gasteiger partial charge in [0.05, 0.1) is 22.6 Å². The molecule has 2 rings (SSSR count). The molecule has 6 nitrogen and oxygen atoms in total. The standard InChI is InChI=1S/C17H20N4O2S/c1-3-20(4-2)17(14-7-8-24-12-14)11-19-15-6-5-13(10-18)9-16(15)21(22)23/h5-9,12,17,19H,3-4,11H2,1-2H3/t17-/m0/s1. The molecule has 1 heterocycles. The van der Waals surface area contributed by atoms with Gasteiger partial charge in [0, 0.05) is 12.6 Å². The Hall–Kier alpha value is -2.43. The topological polar surface area (TPSA) is 82.2 Å². The van der Waals surface area contributed by atoms with Crippen LogP contribution in [0.1, 0.15) is 31.0 Å². The smallest absolute Gasteiger partial charge is 0.293 e. The van der Waals surface area contributed by atoms with E-state index in [4.69, 9.17) is 5.26 Å². The van der Waals surface area contributed by atoms with Gasteiger partial charge in [0.25, 0.3) is 5.69 Å². The van der Waals surface area contributed by atoms with Crippen LogP contribution in [0.15, 0.2) is 35.0 Å². The van der Waals surface area contributed by atoms with E-state index < -0.39 is 4.92 Å². The summed E-state index contributed by atoms with van der Waals surface area (Å²) in [7, 11) is 0. The Kier molecular flexibility index (Phi) is 6.29. The van der Waals surface area contributed by atoms with Crippen molar-refractivity contribution >= 4 is 22.7 Å². The van der Waals surface area contributed by atoms with Gasteiger partial charge in [-0.1, -0.05) is 13.8 Å². The third-order valence-electron chi connectivity index (χ3n) is 3.99. The number of hydrogen-bond donors (Lipinski definition) is 1. The molecule has 1 aromatic carbocycles. The molecule has 0 aliphatic rings. The number of rotatable bonds is 8. The third kappa shape index (κ3) is 4.10. The molecule has 0 amide bonds. The zero-order valence-electron chi connectivity index (χ0n) is 13.7. The van der Waals surface area contributed by atoms with Crippen molar-refractivity contribution in [3.05, 3.63) is 56.3 Å². The van der Waals surface area contributed by atoms with Gasteiger partial charge >= 0.3 is 0 Å². The highest BCUT2D eigenvalue weighted by Crippen LogP contribution is 2.28. The van der Waals surface area contributed by atoms with Crippen molar-refractivity contribution in [1.82, 2.24) is 4.90 Å². The molecule has 0 saturated carbocycles. The summed E-state index contributed by atoms with van der Waals surface area (Å²) >= 11 is 1.64. The van der Waals surface area contributed by atoms with E-state index in [-0.39, 0.29) is 17.3 Å². The lowest BCUT2D eigenvalue weighted by atomic mass is 10.1. The van der Waals surface area contributed by atoms with Crippen LogP contribution in [0, 0.1) is 21.4 Å². The summed E-state index contributed by atoms with van der Waals surface area (Å²) in [6.45, 7) is 6.56. The Morgan fingerprint density at radius 2 is 2.12 bits per heavy atom. The fourth-order valence-electron chi connectivity index (χ4n) is 2.70. The first-order chi connectivity index (χ1) is 11.6.